The van der Waals surface area contributed by atoms with Crippen molar-refractivity contribution in [1.29, 1.82) is 0 Å². The normalized spacial score (nSPS) is 17.5. The molecule has 5 nitrogen and oxygen atoms in total. The number of nitrogens with one attached hydrogen (secondary N) is 1. The number of rotatable bonds is 10. The summed E-state index contributed by atoms with van der Waals surface area (Å²) in [4.78, 5) is 26.6. The Hall–Kier alpha value is -2.82. The van der Waals surface area contributed by atoms with Crippen LogP contribution < -0.4 is 10.2 Å². The van der Waals surface area contributed by atoms with E-state index in [1.807, 2.05) is 43.3 Å². The Balaban J connectivity index is 1.88. The third-order valence-corrected chi connectivity index (χ3v) is 5.83. The molecule has 2 aromatic rings. The lowest BCUT2D eigenvalue weighted by Crippen LogP contribution is -2.32. The van der Waals surface area contributed by atoms with Crippen LogP contribution in [0.2, 0.25) is 0 Å². The molecule has 172 valence electrons. The Morgan fingerprint density at radius 3 is 2.19 bits per heavy atom. The maximum absolute atomic E-state index is 12.9. The average molecular weight is 437 g/mol. The van der Waals surface area contributed by atoms with Gasteiger partial charge in [0.2, 0.25) is 5.91 Å². The van der Waals surface area contributed by atoms with Crippen molar-refractivity contribution in [3.05, 3.63) is 59.2 Å². The molecule has 3 rings (SSSR count). The van der Waals surface area contributed by atoms with Crippen molar-refractivity contribution in [2.45, 2.75) is 53.4 Å². The molecular formula is C27H36N2O3. The highest BCUT2D eigenvalue weighted by Gasteiger charge is 2.44. The van der Waals surface area contributed by atoms with Gasteiger partial charge < -0.3 is 15.3 Å². The van der Waals surface area contributed by atoms with E-state index in [0.717, 1.165) is 35.6 Å². The maximum atomic E-state index is 12.9. The molecule has 0 unspecified atom stereocenters. The number of carbonyl (C=O) groups excluding carboxylic acids is 1. The SMILES string of the molecule is Cc1ccc(CC(=O)Nc2cc([C@@H]3C[C@@H]3C(=O)O)ccc2N(CC(C)C)CC(C)C)cc1. The van der Waals surface area contributed by atoms with Crippen molar-refractivity contribution in [2.75, 3.05) is 23.3 Å². The molecule has 0 spiro atoms. The molecule has 1 aliphatic carbocycles. The summed E-state index contributed by atoms with van der Waals surface area (Å²) in [5.74, 6) is -0.150. The minimum atomic E-state index is -0.745. The molecule has 1 saturated carbocycles. The fourth-order valence-electron chi connectivity index (χ4n) is 4.23. The van der Waals surface area contributed by atoms with Crippen molar-refractivity contribution in [2.24, 2.45) is 17.8 Å². The van der Waals surface area contributed by atoms with Crippen LogP contribution in [0.4, 0.5) is 11.4 Å². The monoisotopic (exact) mass is 436 g/mol. The molecular weight excluding hydrogens is 400 g/mol. The van der Waals surface area contributed by atoms with Crippen molar-refractivity contribution in [3.8, 4) is 0 Å². The Bertz CT molecular complexity index is 940. The van der Waals surface area contributed by atoms with Crippen LogP contribution in [-0.4, -0.2) is 30.1 Å². The molecule has 2 aromatic carbocycles. The van der Waals surface area contributed by atoms with Gasteiger partial charge in [-0.1, -0.05) is 63.6 Å². The number of anilines is 2. The second-order valence-corrected chi connectivity index (χ2v) is 9.97. The van der Waals surface area contributed by atoms with Crippen molar-refractivity contribution < 1.29 is 14.7 Å². The average Bonchev–Trinajstić information content (AvgIpc) is 3.50. The summed E-state index contributed by atoms with van der Waals surface area (Å²) in [6.45, 7) is 12.6. The summed E-state index contributed by atoms with van der Waals surface area (Å²) < 4.78 is 0. The third-order valence-electron chi connectivity index (χ3n) is 5.83. The van der Waals surface area contributed by atoms with E-state index in [0.29, 0.717) is 24.7 Å². The predicted molar refractivity (Wildman–Crippen MR) is 130 cm³/mol. The highest BCUT2D eigenvalue weighted by Crippen LogP contribution is 2.49. The summed E-state index contributed by atoms with van der Waals surface area (Å²) in [6.07, 6.45) is 0.965. The van der Waals surface area contributed by atoms with Crippen molar-refractivity contribution in [3.63, 3.8) is 0 Å². The number of benzene rings is 2. The molecule has 1 fully saturated rings. The van der Waals surface area contributed by atoms with Crippen LogP contribution in [0.1, 0.15) is 56.7 Å². The van der Waals surface area contributed by atoms with Crippen LogP contribution in [-0.2, 0) is 16.0 Å². The van der Waals surface area contributed by atoms with Gasteiger partial charge in [-0.2, -0.15) is 0 Å². The molecule has 1 aliphatic rings. The van der Waals surface area contributed by atoms with E-state index in [1.165, 1.54) is 5.56 Å². The van der Waals surface area contributed by atoms with E-state index >= 15 is 0 Å². The van der Waals surface area contributed by atoms with Crippen LogP contribution in [0.15, 0.2) is 42.5 Å². The highest BCUT2D eigenvalue weighted by atomic mass is 16.4. The molecule has 2 atom stereocenters. The number of hydrogen-bond acceptors (Lipinski definition) is 3. The quantitative estimate of drug-likeness (QED) is 0.517. The number of carboxylic acid groups (broad SMARTS) is 1. The second kappa shape index (κ2) is 10.2. The molecule has 32 heavy (non-hydrogen) atoms. The first-order valence-electron chi connectivity index (χ1n) is 11.6. The first-order chi connectivity index (χ1) is 15.1. The van der Waals surface area contributed by atoms with Gasteiger partial charge in [-0.15, -0.1) is 0 Å². The van der Waals surface area contributed by atoms with Gasteiger partial charge in [-0.05, 0) is 54.4 Å². The van der Waals surface area contributed by atoms with Crippen LogP contribution >= 0.6 is 0 Å². The Morgan fingerprint density at radius 1 is 1.03 bits per heavy atom. The molecule has 1 amide bonds. The van der Waals surface area contributed by atoms with Crippen molar-refractivity contribution in [1.82, 2.24) is 0 Å². The molecule has 0 aromatic heterocycles. The van der Waals surface area contributed by atoms with Gasteiger partial charge in [-0.25, -0.2) is 0 Å². The van der Waals surface area contributed by atoms with E-state index in [9.17, 15) is 14.7 Å². The number of nitrogens with zero attached hydrogens (tertiary/aromatic N) is 1. The van der Waals surface area contributed by atoms with Gasteiger partial charge in [0.1, 0.15) is 0 Å². The Kier molecular flexibility index (Phi) is 7.60. The zero-order valence-corrected chi connectivity index (χ0v) is 19.9. The number of aliphatic carboxylic acids is 1. The van der Waals surface area contributed by atoms with Gasteiger partial charge in [-0.3, -0.25) is 9.59 Å². The molecule has 0 radical (unpaired) electrons. The van der Waals surface area contributed by atoms with Crippen LogP contribution in [0.25, 0.3) is 0 Å². The fourth-order valence-corrected chi connectivity index (χ4v) is 4.23. The van der Waals surface area contributed by atoms with Crippen LogP contribution in [0, 0.1) is 24.7 Å². The van der Waals surface area contributed by atoms with E-state index in [-0.39, 0.29) is 17.7 Å². The molecule has 0 heterocycles. The number of aryl methyl sites for hydroxylation is 1. The lowest BCUT2D eigenvalue weighted by atomic mass is 10.0. The molecule has 2 N–H and O–H groups in total. The smallest absolute Gasteiger partial charge is 0.307 e. The zero-order chi connectivity index (χ0) is 23.4. The third kappa shape index (κ3) is 6.35. The fraction of sp³-hybridized carbons (Fsp3) is 0.481. The summed E-state index contributed by atoms with van der Waals surface area (Å²) in [5.41, 5.74) is 4.90. The molecule has 5 heteroatoms. The minimum Gasteiger partial charge on any atom is -0.481 e. The van der Waals surface area contributed by atoms with E-state index in [1.54, 1.807) is 0 Å². The number of carboxylic acids is 1. The zero-order valence-electron chi connectivity index (χ0n) is 19.9. The largest absolute Gasteiger partial charge is 0.481 e. The first-order valence-corrected chi connectivity index (χ1v) is 11.6. The molecule has 0 aliphatic heterocycles. The van der Waals surface area contributed by atoms with Gasteiger partial charge in [0.05, 0.1) is 23.7 Å². The summed E-state index contributed by atoms with van der Waals surface area (Å²) in [5, 5.41) is 12.5. The lowest BCUT2D eigenvalue weighted by molar-refractivity contribution is -0.138. The Morgan fingerprint density at radius 2 is 1.66 bits per heavy atom. The molecule has 0 bridgehead atoms. The summed E-state index contributed by atoms with van der Waals surface area (Å²) in [6, 6.07) is 14.1. The summed E-state index contributed by atoms with van der Waals surface area (Å²) >= 11 is 0. The number of amides is 1. The number of carbonyl (C=O) groups is 2. The maximum Gasteiger partial charge on any atom is 0.307 e. The predicted octanol–water partition coefficient (Wildman–Crippen LogP) is 5.48. The standard InChI is InChI=1S/C27H36N2O3/c1-17(2)15-29(16-18(3)4)25-11-10-21(22-14-23(22)27(31)32)13-24(25)28-26(30)12-20-8-6-19(5)7-9-20/h6-11,13,17-18,22-23H,12,14-16H2,1-5H3,(H,28,30)(H,31,32)/t22-,23-/m0/s1. The van der Waals surface area contributed by atoms with E-state index in [4.69, 9.17) is 0 Å². The van der Waals surface area contributed by atoms with Gasteiger partial charge in [0, 0.05) is 13.1 Å². The molecule has 0 saturated heterocycles. The lowest BCUT2D eigenvalue weighted by Gasteiger charge is -2.31. The van der Waals surface area contributed by atoms with Crippen molar-refractivity contribution >= 4 is 23.3 Å². The highest BCUT2D eigenvalue weighted by molar-refractivity contribution is 5.96. The topological polar surface area (TPSA) is 69.6 Å². The van der Waals surface area contributed by atoms with Crippen LogP contribution in [0.5, 0.6) is 0 Å². The Labute approximate surface area is 191 Å². The minimum absolute atomic E-state index is 0.0259. The van der Waals surface area contributed by atoms with E-state index in [2.05, 4.69) is 44.0 Å². The summed E-state index contributed by atoms with van der Waals surface area (Å²) in [7, 11) is 0. The van der Waals surface area contributed by atoms with Gasteiger partial charge in [0.15, 0.2) is 0 Å². The van der Waals surface area contributed by atoms with E-state index < -0.39 is 5.97 Å². The van der Waals surface area contributed by atoms with Gasteiger partial charge >= 0.3 is 5.97 Å². The van der Waals surface area contributed by atoms with Gasteiger partial charge in [0.25, 0.3) is 0 Å². The number of hydrogen-bond donors (Lipinski definition) is 2. The van der Waals surface area contributed by atoms with Crippen LogP contribution in [0.3, 0.4) is 0 Å². The first kappa shape index (κ1) is 23.8. The second-order valence-electron chi connectivity index (χ2n) is 9.97.